The van der Waals surface area contributed by atoms with E-state index < -0.39 is 16.4 Å². The molecule has 0 aliphatic carbocycles. The Morgan fingerprint density at radius 2 is 1.80 bits per heavy atom. The summed E-state index contributed by atoms with van der Waals surface area (Å²) in [4.78, 5) is 0. The molecule has 0 radical (unpaired) electrons. The quantitative estimate of drug-likeness (QED) is 0.0959. The van der Waals surface area contributed by atoms with Gasteiger partial charge in [-0.05, 0) is 0 Å². The lowest BCUT2D eigenvalue weighted by molar-refractivity contribution is 0.379. The van der Waals surface area contributed by atoms with Crippen LogP contribution in [0, 0.1) is 5.41 Å². The van der Waals surface area contributed by atoms with Gasteiger partial charge in [-0.1, -0.05) is 0 Å². The molecule has 0 bridgehead atoms. The maximum Gasteiger partial charge on any atom is 0.449 e. The minimum absolute atomic E-state index is 1.06. The monoisotopic (exact) mass is 172 g/mol. The Morgan fingerprint density at radius 3 is 1.80 bits per heavy atom. The molecular weight excluding hydrogens is 164 g/mol. The molecule has 0 saturated heterocycles. The zero-order valence-electron chi connectivity index (χ0n) is 4.81. The van der Waals surface area contributed by atoms with Crippen LogP contribution in [0.1, 0.15) is 0 Å². The number of hydrogen-bond acceptors (Lipinski definition) is 6. The molecular formula is CH8N4O4S. The lowest BCUT2D eigenvalue weighted by atomic mass is 11.3. The summed E-state index contributed by atoms with van der Waals surface area (Å²) in [5.41, 5.74) is 4.40. The van der Waals surface area contributed by atoms with Crippen molar-refractivity contribution in [2.75, 3.05) is 0 Å². The molecule has 0 aromatic carbocycles. The van der Waals surface area contributed by atoms with Gasteiger partial charge >= 0.3 is 10.4 Å². The molecule has 0 rings (SSSR count). The highest BCUT2D eigenvalue weighted by molar-refractivity contribution is 7.81. The van der Waals surface area contributed by atoms with E-state index in [1.807, 2.05) is 0 Å². The van der Waals surface area contributed by atoms with Gasteiger partial charge in [0.2, 0.25) is 0 Å². The topological polar surface area (TPSA) is 166 Å². The van der Waals surface area contributed by atoms with E-state index in [2.05, 4.69) is 21.6 Å². The lowest BCUT2D eigenvalue weighted by Crippen LogP contribution is -2.18. The van der Waals surface area contributed by atoms with E-state index in [-0.39, 0.29) is 0 Å². The normalized spacial score (nSPS) is 9.10. The smallest absolute Gasteiger partial charge is 0.353 e. The van der Waals surface area contributed by atoms with Gasteiger partial charge in [-0.25, -0.2) is 0 Å². The SMILES string of the molecule is N=C(N)OS(=O)(=O)O.NN. The van der Waals surface area contributed by atoms with Gasteiger partial charge in [0, 0.05) is 0 Å². The number of rotatable bonds is 1. The van der Waals surface area contributed by atoms with E-state index in [4.69, 9.17) is 9.96 Å². The average Bonchev–Trinajstić information content (AvgIpc) is 1.64. The first kappa shape index (κ1) is 11.8. The van der Waals surface area contributed by atoms with Gasteiger partial charge < -0.3 is 9.92 Å². The number of hydrazine groups is 1. The molecule has 0 fully saturated rings. The predicted octanol–water partition coefficient (Wildman–Crippen LogP) is -2.48. The van der Waals surface area contributed by atoms with Crippen LogP contribution in [0.5, 0.6) is 0 Å². The van der Waals surface area contributed by atoms with Gasteiger partial charge in [0.05, 0.1) is 0 Å². The Kier molecular flexibility index (Phi) is 5.84. The molecule has 8 N–H and O–H groups in total. The molecule has 0 aliphatic rings. The molecule has 0 amide bonds. The van der Waals surface area contributed by atoms with Gasteiger partial charge in [-0.3, -0.25) is 21.6 Å². The Bertz CT molecular complexity index is 183. The van der Waals surface area contributed by atoms with E-state index in [1.54, 1.807) is 0 Å². The third-order valence-electron chi connectivity index (χ3n) is 0.195. The van der Waals surface area contributed by atoms with Crippen LogP contribution in [0.4, 0.5) is 0 Å². The standard InChI is InChI=1S/CH4N2O4S.H4N2/c2-1(3)7-8(4,5)6;1-2/h(H3,2,3)(H,4,5,6);1-2H2. The molecule has 0 heterocycles. The number of hydrogen-bond donors (Lipinski definition) is 5. The first-order valence-corrected chi connectivity index (χ1v) is 3.12. The molecule has 0 aromatic heterocycles. The first-order chi connectivity index (χ1) is 4.42. The highest BCUT2D eigenvalue weighted by Crippen LogP contribution is 1.80. The largest absolute Gasteiger partial charge is 0.449 e. The summed E-state index contributed by atoms with van der Waals surface area (Å²) in [6, 6.07) is -1.06. The van der Waals surface area contributed by atoms with Gasteiger partial charge in [-0.15, -0.1) is 0 Å². The number of amidine groups is 1. The van der Waals surface area contributed by atoms with Crippen molar-refractivity contribution in [3.05, 3.63) is 0 Å². The molecule has 0 saturated carbocycles. The van der Waals surface area contributed by atoms with Crippen molar-refractivity contribution in [2.24, 2.45) is 17.4 Å². The molecule has 10 heavy (non-hydrogen) atoms. The van der Waals surface area contributed by atoms with Crippen LogP contribution < -0.4 is 17.4 Å². The van der Waals surface area contributed by atoms with Crippen LogP contribution in [-0.2, 0) is 14.6 Å². The fourth-order valence-corrected chi connectivity index (χ4v) is 0.340. The predicted molar refractivity (Wildman–Crippen MR) is 32.9 cm³/mol. The molecule has 62 valence electrons. The van der Waals surface area contributed by atoms with Crippen LogP contribution in [0.15, 0.2) is 0 Å². The third-order valence-corrected chi connectivity index (χ3v) is 0.585. The van der Waals surface area contributed by atoms with Gasteiger partial charge in [0.1, 0.15) is 0 Å². The van der Waals surface area contributed by atoms with Crippen molar-refractivity contribution in [2.45, 2.75) is 0 Å². The van der Waals surface area contributed by atoms with Crippen molar-refractivity contribution in [1.29, 1.82) is 5.41 Å². The van der Waals surface area contributed by atoms with Crippen LogP contribution in [0.3, 0.4) is 0 Å². The van der Waals surface area contributed by atoms with Crippen molar-refractivity contribution >= 4 is 16.4 Å². The number of nitrogens with two attached hydrogens (primary N) is 3. The van der Waals surface area contributed by atoms with Crippen LogP contribution in [0.2, 0.25) is 0 Å². The molecule has 9 heteroatoms. The van der Waals surface area contributed by atoms with E-state index in [0.717, 1.165) is 0 Å². The highest BCUT2D eigenvalue weighted by atomic mass is 32.3. The second-order valence-corrected chi connectivity index (χ2v) is 1.90. The summed E-state index contributed by atoms with van der Waals surface area (Å²) in [5, 5.41) is 6.17. The number of nitrogens with one attached hydrogen (secondary N) is 1. The summed E-state index contributed by atoms with van der Waals surface area (Å²) in [5.74, 6) is 8.00. The maximum absolute atomic E-state index is 9.55. The molecule has 0 unspecified atom stereocenters. The maximum atomic E-state index is 9.55. The van der Waals surface area contributed by atoms with Gasteiger partial charge in [-0.2, -0.15) is 8.42 Å². The minimum Gasteiger partial charge on any atom is -0.353 e. The molecule has 0 atom stereocenters. The summed E-state index contributed by atoms with van der Waals surface area (Å²) in [6.07, 6.45) is 0. The van der Waals surface area contributed by atoms with E-state index in [0.29, 0.717) is 0 Å². The van der Waals surface area contributed by atoms with Crippen molar-refractivity contribution in [3.8, 4) is 0 Å². The summed E-state index contributed by atoms with van der Waals surface area (Å²) < 4.78 is 30.2. The molecule has 0 aliphatic heterocycles. The van der Waals surface area contributed by atoms with Crippen LogP contribution >= 0.6 is 0 Å². The Labute approximate surface area is 57.4 Å². The third kappa shape index (κ3) is 15.7. The van der Waals surface area contributed by atoms with E-state index >= 15 is 0 Å². The Hall–Kier alpha value is -0.900. The van der Waals surface area contributed by atoms with Crippen molar-refractivity contribution < 1.29 is 17.2 Å². The fraction of sp³-hybridized carbons (Fsp3) is 0. The molecule has 0 aromatic rings. The molecule has 8 nitrogen and oxygen atoms in total. The van der Waals surface area contributed by atoms with Crippen molar-refractivity contribution in [3.63, 3.8) is 0 Å². The second-order valence-electron chi connectivity index (χ2n) is 0.875. The van der Waals surface area contributed by atoms with E-state index in [1.165, 1.54) is 0 Å². The second kappa shape index (κ2) is 4.93. The first-order valence-electron chi connectivity index (χ1n) is 1.76. The zero-order chi connectivity index (χ0) is 8.78. The molecule has 0 spiro atoms. The highest BCUT2D eigenvalue weighted by Gasteiger charge is 2.04. The summed E-state index contributed by atoms with van der Waals surface area (Å²) in [6.45, 7) is 0. The van der Waals surface area contributed by atoms with Crippen LogP contribution in [-0.4, -0.2) is 19.0 Å². The fourth-order valence-electron chi connectivity index (χ4n) is 0.113. The summed E-state index contributed by atoms with van der Waals surface area (Å²) >= 11 is 0. The Morgan fingerprint density at radius 1 is 1.50 bits per heavy atom. The van der Waals surface area contributed by atoms with Crippen molar-refractivity contribution in [1.82, 2.24) is 0 Å². The Balaban J connectivity index is 0. The zero-order valence-corrected chi connectivity index (χ0v) is 5.63. The average molecular weight is 172 g/mol. The van der Waals surface area contributed by atoms with Gasteiger partial charge in [0.25, 0.3) is 6.02 Å². The lowest BCUT2D eigenvalue weighted by Gasteiger charge is -1.92. The summed E-state index contributed by atoms with van der Waals surface area (Å²) in [7, 11) is -4.57. The van der Waals surface area contributed by atoms with Crippen LogP contribution in [0.25, 0.3) is 0 Å². The minimum atomic E-state index is -4.57. The van der Waals surface area contributed by atoms with E-state index in [9.17, 15) is 8.42 Å². The van der Waals surface area contributed by atoms with Gasteiger partial charge in [0.15, 0.2) is 0 Å².